The zero-order valence-corrected chi connectivity index (χ0v) is 23.9. The lowest BCUT2D eigenvalue weighted by Crippen LogP contribution is -2.53. The van der Waals surface area contributed by atoms with Crippen molar-refractivity contribution in [1.29, 1.82) is 0 Å². The van der Waals surface area contributed by atoms with E-state index in [4.69, 9.17) is 14.5 Å². The quantitative estimate of drug-likeness (QED) is 0.284. The fourth-order valence-electron chi connectivity index (χ4n) is 5.19. The molecule has 3 aromatic heterocycles. The van der Waals surface area contributed by atoms with E-state index in [-0.39, 0.29) is 11.9 Å². The molecule has 0 spiro atoms. The SMILES string of the molecule is C=CC(=O)N1CCN(c2ccc3ncnc(Nc4cc(C)c(Oc5ccc6c(c5)nnn6C)cc4OC)c3n2)C[C@H]1C. The standard InChI is InChI=1S/C30H31N9O3/c1-6-28(40)39-12-11-38(16-19(39)3)27-10-8-21-29(34-27)30(32-17-31-21)33-23-13-18(2)25(15-26(23)41-5)42-20-7-9-24-22(14-20)35-36-37(24)4/h6-10,13-15,17,19H,1,11-12,16H2,2-5H3,(H,31,32,33)/t19-/m1/s1. The van der Waals surface area contributed by atoms with Crippen LogP contribution in [0.2, 0.25) is 0 Å². The summed E-state index contributed by atoms with van der Waals surface area (Å²) in [5, 5.41) is 11.6. The zero-order chi connectivity index (χ0) is 29.4. The van der Waals surface area contributed by atoms with Crippen LogP contribution in [0.25, 0.3) is 22.1 Å². The summed E-state index contributed by atoms with van der Waals surface area (Å²) in [4.78, 5) is 30.0. The lowest BCUT2D eigenvalue weighted by Gasteiger charge is -2.40. The third kappa shape index (κ3) is 5.02. The number of rotatable bonds is 7. The normalized spacial score (nSPS) is 15.2. The molecule has 1 aliphatic rings. The first kappa shape index (κ1) is 26.9. The molecule has 0 bridgehead atoms. The number of fused-ring (bicyclic) bond motifs is 2. The van der Waals surface area contributed by atoms with E-state index < -0.39 is 0 Å². The maximum atomic E-state index is 12.2. The van der Waals surface area contributed by atoms with E-state index in [2.05, 4.69) is 37.1 Å². The molecule has 1 saturated heterocycles. The second kappa shape index (κ2) is 11.0. The van der Waals surface area contributed by atoms with Crippen LogP contribution in [0.1, 0.15) is 12.5 Å². The molecule has 5 aromatic rings. The molecule has 6 rings (SSSR count). The summed E-state index contributed by atoms with van der Waals surface area (Å²) in [6.45, 7) is 9.53. The molecule has 42 heavy (non-hydrogen) atoms. The predicted molar refractivity (Wildman–Crippen MR) is 161 cm³/mol. The number of anilines is 3. The van der Waals surface area contributed by atoms with Gasteiger partial charge in [0.15, 0.2) is 5.82 Å². The number of hydrogen-bond donors (Lipinski definition) is 1. The molecule has 0 radical (unpaired) electrons. The van der Waals surface area contributed by atoms with Gasteiger partial charge in [0.1, 0.15) is 40.4 Å². The second-order valence-electron chi connectivity index (χ2n) is 10.2. The molecular formula is C30H31N9O3. The summed E-state index contributed by atoms with van der Waals surface area (Å²) in [6, 6.07) is 13.4. The van der Waals surface area contributed by atoms with Crippen LogP contribution in [0.4, 0.5) is 17.3 Å². The van der Waals surface area contributed by atoms with Gasteiger partial charge < -0.3 is 24.6 Å². The first-order valence-corrected chi connectivity index (χ1v) is 13.6. The van der Waals surface area contributed by atoms with Gasteiger partial charge >= 0.3 is 0 Å². The fraction of sp³-hybridized carbons (Fsp3) is 0.267. The number of ether oxygens (including phenoxy) is 2. The van der Waals surface area contributed by atoms with E-state index in [0.717, 1.165) is 22.4 Å². The number of hydrogen-bond acceptors (Lipinski definition) is 10. The number of carbonyl (C=O) groups is 1. The summed E-state index contributed by atoms with van der Waals surface area (Å²) in [7, 11) is 3.46. The van der Waals surface area contributed by atoms with Gasteiger partial charge in [-0.3, -0.25) is 4.79 Å². The lowest BCUT2D eigenvalue weighted by molar-refractivity contribution is -0.128. The topological polar surface area (TPSA) is 123 Å². The molecule has 12 nitrogen and oxygen atoms in total. The highest BCUT2D eigenvalue weighted by atomic mass is 16.5. The maximum Gasteiger partial charge on any atom is 0.246 e. The predicted octanol–water partition coefficient (Wildman–Crippen LogP) is 4.38. The van der Waals surface area contributed by atoms with E-state index in [0.29, 0.717) is 59.4 Å². The molecule has 1 atom stereocenters. The highest BCUT2D eigenvalue weighted by Crippen LogP contribution is 2.37. The minimum Gasteiger partial charge on any atom is -0.494 e. The fourth-order valence-corrected chi connectivity index (χ4v) is 5.19. The molecule has 0 aliphatic carbocycles. The van der Waals surface area contributed by atoms with Gasteiger partial charge in [-0.15, -0.1) is 5.10 Å². The highest BCUT2D eigenvalue weighted by molar-refractivity contribution is 5.89. The average molecular weight is 566 g/mol. The van der Waals surface area contributed by atoms with Gasteiger partial charge in [0.2, 0.25) is 5.91 Å². The van der Waals surface area contributed by atoms with E-state index in [1.165, 1.54) is 12.4 Å². The molecule has 214 valence electrons. The smallest absolute Gasteiger partial charge is 0.246 e. The number of methoxy groups -OCH3 is 1. The number of aryl methyl sites for hydroxylation is 2. The van der Waals surface area contributed by atoms with E-state index in [9.17, 15) is 4.79 Å². The van der Waals surface area contributed by atoms with Crippen LogP contribution < -0.4 is 19.7 Å². The number of aromatic nitrogens is 6. The zero-order valence-electron chi connectivity index (χ0n) is 23.9. The summed E-state index contributed by atoms with van der Waals surface area (Å²) >= 11 is 0. The molecule has 12 heteroatoms. The first-order chi connectivity index (χ1) is 20.3. The molecule has 1 aliphatic heterocycles. The van der Waals surface area contributed by atoms with Gasteiger partial charge in [-0.1, -0.05) is 11.8 Å². The van der Waals surface area contributed by atoms with E-state index >= 15 is 0 Å². The minimum atomic E-state index is -0.0549. The number of nitrogens with one attached hydrogen (secondary N) is 1. The minimum absolute atomic E-state index is 0.0295. The van der Waals surface area contributed by atoms with Crippen LogP contribution in [-0.4, -0.2) is 73.5 Å². The third-order valence-corrected chi connectivity index (χ3v) is 7.44. The Hall–Kier alpha value is -5.26. The number of benzene rings is 2. The monoisotopic (exact) mass is 565 g/mol. The molecule has 1 amide bonds. The summed E-state index contributed by atoms with van der Waals surface area (Å²) in [5.74, 6) is 3.17. The number of piperazine rings is 1. The van der Waals surface area contributed by atoms with Crippen molar-refractivity contribution in [3.8, 4) is 17.2 Å². The Morgan fingerprint density at radius 2 is 1.95 bits per heavy atom. The molecule has 2 aromatic carbocycles. The van der Waals surface area contributed by atoms with Crippen molar-refractivity contribution in [2.75, 3.05) is 37.0 Å². The van der Waals surface area contributed by atoms with Crippen molar-refractivity contribution < 1.29 is 14.3 Å². The molecule has 1 fully saturated rings. The molecule has 0 saturated carbocycles. The van der Waals surface area contributed by atoms with Crippen LogP contribution in [-0.2, 0) is 11.8 Å². The van der Waals surface area contributed by atoms with Crippen LogP contribution in [0, 0.1) is 6.92 Å². The van der Waals surface area contributed by atoms with Gasteiger partial charge in [-0.2, -0.15) is 0 Å². The van der Waals surface area contributed by atoms with Crippen molar-refractivity contribution in [3.63, 3.8) is 0 Å². The number of carbonyl (C=O) groups excluding carboxylic acids is 1. The Balaban J connectivity index is 1.27. The van der Waals surface area contributed by atoms with Crippen LogP contribution in [0.5, 0.6) is 17.2 Å². The second-order valence-corrected chi connectivity index (χ2v) is 10.2. The Labute approximate surface area is 242 Å². The van der Waals surface area contributed by atoms with Crippen molar-refractivity contribution in [2.24, 2.45) is 7.05 Å². The molecule has 4 heterocycles. The Morgan fingerprint density at radius 3 is 2.74 bits per heavy atom. The number of pyridine rings is 1. The third-order valence-electron chi connectivity index (χ3n) is 7.44. The summed E-state index contributed by atoms with van der Waals surface area (Å²) in [6.07, 6.45) is 2.87. The highest BCUT2D eigenvalue weighted by Gasteiger charge is 2.27. The van der Waals surface area contributed by atoms with Crippen LogP contribution in [0.3, 0.4) is 0 Å². The van der Waals surface area contributed by atoms with Gasteiger partial charge in [0.05, 0.1) is 23.8 Å². The van der Waals surface area contributed by atoms with Crippen LogP contribution in [0.15, 0.2) is 61.4 Å². The average Bonchev–Trinajstić information content (AvgIpc) is 3.37. The molecule has 0 unspecified atom stereocenters. The molecule has 1 N–H and O–H groups in total. The van der Waals surface area contributed by atoms with E-state index in [1.54, 1.807) is 11.8 Å². The van der Waals surface area contributed by atoms with Crippen molar-refractivity contribution in [1.82, 2.24) is 34.8 Å². The maximum absolute atomic E-state index is 12.2. The van der Waals surface area contributed by atoms with E-state index in [1.807, 2.05) is 68.3 Å². The van der Waals surface area contributed by atoms with Gasteiger partial charge in [0.25, 0.3) is 0 Å². The van der Waals surface area contributed by atoms with Gasteiger partial charge in [-0.05, 0) is 55.8 Å². The Bertz CT molecular complexity index is 1820. The Kier molecular flexibility index (Phi) is 7.03. The van der Waals surface area contributed by atoms with Crippen molar-refractivity contribution >= 4 is 45.3 Å². The van der Waals surface area contributed by atoms with Gasteiger partial charge in [0, 0.05) is 44.9 Å². The van der Waals surface area contributed by atoms with Crippen molar-refractivity contribution in [2.45, 2.75) is 19.9 Å². The van der Waals surface area contributed by atoms with Crippen molar-refractivity contribution in [3.05, 3.63) is 67.0 Å². The molecular weight excluding hydrogens is 534 g/mol. The largest absolute Gasteiger partial charge is 0.494 e. The van der Waals surface area contributed by atoms with Gasteiger partial charge in [-0.25, -0.2) is 19.6 Å². The number of amides is 1. The van der Waals surface area contributed by atoms with Crippen LogP contribution >= 0.6 is 0 Å². The summed E-state index contributed by atoms with van der Waals surface area (Å²) in [5.41, 5.74) is 4.62. The number of nitrogens with zero attached hydrogens (tertiary/aromatic N) is 8. The lowest BCUT2D eigenvalue weighted by atomic mass is 10.1. The Morgan fingerprint density at radius 1 is 1.10 bits per heavy atom. The summed E-state index contributed by atoms with van der Waals surface area (Å²) < 4.78 is 13.7. The first-order valence-electron chi connectivity index (χ1n) is 13.6.